The lowest BCUT2D eigenvalue weighted by Crippen LogP contribution is -2.28. The second kappa shape index (κ2) is 6.84. The zero-order valence-electron chi connectivity index (χ0n) is 11.9. The van der Waals surface area contributed by atoms with Crippen molar-refractivity contribution in [1.82, 2.24) is 19.9 Å². The molecular weight excluding hydrogens is 252 g/mol. The van der Waals surface area contributed by atoms with Crippen LogP contribution in [0.25, 0.3) is 5.82 Å². The first-order valence-electron chi connectivity index (χ1n) is 6.91. The third kappa shape index (κ3) is 3.66. The summed E-state index contributed by atoms with van der Waals surface area (Å²) in [5, 5.41) is 2.94. The second-order valence-corrected chi connectivity index (χ2v) is 4.90. The van der Waals surface area contributed by atoms with Crippen molar-refractivity contribution in [2.75, 3.05) is 0 Å². The van der Waals surface area contributed by atoms with Gasteiger partial charge in [0.25, 0.3) is 0 Å². The molecule has 0 spiro atoms. The van der Waals surface area contributed by atoms with E-state index < -0.39 is 0 Å². The average Bonchev–Trinajstić information content (AvgIpc) is 2.99. The zero-order valence-corrected chi connectivity index (χ0v) is 11.9. The maximum Gasteiger partial charge on any atom is 0.223 e. The fraction of sp³-hybridized carbons (Fsp3) is 0.400. The van der Waals surface area contributed by atoms with Crippen LogP contribution in [-0.4, -0.2) is 20.4 Å². The molecule has 1 atom stereocenters. The lowest BCUT2D eigenvalue weighted by molar-refractivity contribution is -0.124. The first kappa shape index (κ1) is 14.2. The van der Waals surface area contributed by atoms with Crippen molar-refractivity contribution in [3.05, 3.63) is 42.6 Å². The van der Waals surface area contributed by atoms with Gasteiger partial charge in [-0.05, 0) is 18.1 Å². The molecule has 106 valence electrons. The predicted octanol–water partition coefficient (Wildman–Crippen LogP) is 2.32. The van der Waals surface area contributed by atoms with Gasteiger partial charge in [-0.25, -0.2) is 9.97 Å². The van der Waals surface area contributed by atoms with Crippen LogP contribution in [0, 0.1) is 5.92 Å². The van der Waals surface area contributed by atoms with E-state index in [0.717, 1.165) is 24.2 Å². The Bertz CT molecular complexity index is 534. The molecule has 0 fully saturated rings. The van der Waals surface area contributed by atoms with E-state index in [4.69, 9.17) is 0 Å². The number of carbonyl (C=O) groups is 1. The fourth-order valence-corrected chi connectivity index (χ4v) is 2.00. The van der Waals surface area contributed by atoms with Crippen LogP contribution in [0.1, 0.15) is 32.3 Å². The smallest absolute Gasteiger partial charge is 0.223 e. The van der Waals surface area contributed by atoms with Gasteiger partial charge in [0.15, 0.2) is 0 Å². The molecule has 0 aromatic carbocycles. The molecule has 2 heterocycles. The summed E-state index contributed by atoms with van der Waals surface area (Å²) in [5.74, 6) is 0.987. The van der Waals surface area contributed by atoms with Crippen molar-refractivity contribution >= 4 is 5.91 Å². The van der Waals surface area contributed by atoms with Crippen molar-refractivity contribution in [2.45, 2.75) is 33.2 Å². The molecule has 0 unspecified atom stereocenters. The molecule has 0 radical (unpaired) electrons. The maximum atomic E-state index is 11.8. The van der Waals surface area contributed by atoms with E-state index >= 15 is 0 Å². The van der Waals surface area contributed by atoms with Gasteiger partial charge in [0.1, 0.15) is 12.1 Å². The topological polar surface area (TPSA) is 59.8 Å². The zero-order chi connectivity index (χ0) is 14.4. The molecule has 0 bridgehead atoms. The van der Waals surface area contributed by atoms with Crippen LogP contribution in [0.15, 0.2) is 37.1 Å². The predicted molar refractivity (Wildman–Crippen MR) is 77.3 cm³/mol. The number of nitrogens with one attached hydrogen (secondary N) is 1. The Morgan fingerprint density at radius 2 is 2.30 bits per heavy atom. The quantitative estimate of drug-likeness (QED) is 0.878. The first-order chi connectivity index (χ1) is 9.70. The van der Waals surface area contributed by atoms with Crippen LogP contribution in [0.4, 0.5) is 0 Å². The molecule has 0 aliphatic heterocycles. The number of aromatic nitrogens is 3. The molecule has 2 aromatic heterocycles. The van der Waals surface area contributed by atoms with Gasteiger partial charge in [-0.3, -0.25) is 9.36 Å². The van der Waals surface area contributed by atoms with Gasteiger partial charge in [0.05, 0.1) is 0 Å². The van der Waals surface area contributed by atoms with E-state index in [9.17, 15) is 4.79 Å². The van der Waals surface area contributed by atoms with Crippen molar-refractivity contribution in [2.24, 2.45) is 5.92 Å². The van der Waals surface area contributed by atoms with Gasteiger partial charge in [0.2, 0.25) is 5.91 Å². The van der Waals surface area contributed by atoms with Gasteiger partial charge in [-0.1, -0.05) is 26.3 Å². The number of pyridine rings is 1. The number of hydrogen-bond acceptors (Lipinski definition) is 3. The van der Waals surface area contributed by atoms with E-state index in [-0.39, 0.29) is 11.8 Å². The highest BCUT2D eigenvalue weighted by molar-refractivity contribution is 5.78. The van der Waals surface area contributed by atoms with Crippen molar-refractivity contribution < 1.29 is 4.79 Å². The van der Waals surface area contributed by atoms with Crippen LogP contribution in [-0.2, 0) is 11.3 Å². The van der Waals surface area contributed by atoms with Gasteiger partial charge >= 0.3 is 0 Å². The Kier molecular flexibility index (Phi) is 4.87. The molecule has 1 N–H and O–H groups in total. The monoisotopic (exact) mass is 272 g/mol. The third-order valence-electron chi connectivity index (χ3n) is 3.21. The number of carbonyl (C=O) groups excluding carboxylic acids is 1. The summed E-state index contributed by atoms with van der Waals surface area (Å²) in [7, 11) is 0. The largest absolute Gasteiger partial charge is 0.352 e. The van der Waals surface area contributed by atoms with Crippen LogP contribution in [0.2, 0.25) is 0 Å². The molecule has 2 aromatic rings. The normalized spacial score (nSPS) is 12.1. The highest BCUT2D eigenvalue weighted by Crippen LogP contribution is 2.07. The van der Waals surface area contributed by atoms with Crippen LogP contribution in [0.5, 0.6) is 0 Å². The van der Waals surface area contributed by atoms with Crippen LogP contribution in [0.3, 0.4) is 0 Å². The summed E-state index contributed by atoms with van der Waals surface area (Å²) < 4.78 is 1.84. The van der Waals surface area contributed by atoms with Crippen molar-refractivity contribution in [3.63, 3.8) is 0 Å². The SMILES string of the molecule is CCC[C@@H](C)C(=O)NCc1ccc(-n2ccnc2)nc1. The molecule has 0 aliphatic carbocycles. The standard InChI is InChI=1S/C15H20N4O/c1-3-4-12(2)15(20)18-10-13-5-6-14(17-9-13)19-8-7-16-11-19/h5-9,11-12H,3-4,10H2,1-2H3,(H,18,20)/t12-/m1/s1. The fourth-order valence-electron chi connectivity index (χ4n) is 2.00. The maximum absolute atomic E-state index is 11.8. The number of nitrogens with zero attached hydrogens (tertiary/aromatic N) is 3. The molecule has 1 amide bonds. The number of amides is 1. The molecule has 0 saturated heterocycles. The van der Waals surface area contributed by atoms with E-state index in [0.29, 0.717) is 6.54 Å². The number of imidazole rings is 1. The molecule has 2 rings (SSSR count). The molecule has 0 aliphatic rings. The van der Waals surface area contributed by atoms with Crippen molar-refractivity contribution in [1.29, 1.82) is 0 Å². The molecule has 5 heteroatoms. The Balaban J connectivity index is 1.90. The summed E-state index contributed by atoms with van der Waals surface area (Å²) in [6, 6.07) is 3.88. The summed E-state index contributed by atoms with van der Waals surface area (Å²) in [4.78, 5) is 20.2. The van der Waals surface area contributed by atoms with Gasteiger partial charge < -0.3 is 5.32 Å². The Morgan fingerprint density at radius 1 is 1.45 bits per heavy atom. The highest BCUT2D eigenvalue weighted by Gasteiger charge is 2.10. The number of hydrogen-bond donors (Lipinski definition) is 1. The summed E-state index contributed by atoms with van der Waals surface area (Å²) in [6.45, 7) is 4.56. The minimum atomic E-state index is 0.0678. The Labute approximate surface area is 119 Å². The summed E-state index contributed by atoms with van der Waals surface area (Å²) >= 11 is 0. The van der Waals surface area contributed by atoms with E-state index in [1.807, 2.05) is 29.8 Å². The van der Waals surface area contributed by atoms with E-state index in [1.165, 1.54) is 0 Å². The molecule has 20 heavy (non-hydrogen) atoms. The number of rotatable bonds is 6. The Hall–Kier alpha value is -2.17. The third-order valence-corrected chi connectivity index (χ3v) is 3.21. The molecular formula is C15H20N4O. The van der Waals surface area contributed by atoms with Gasteiger partial charge in [-0.15, -0.1) is 0 Å². The lowest BCUT2D eigenvalue weighted by atomic mass is 10.1. The molecule has 5 nitrogen and oxygen atoms in total. The summed E-state index contributed by atoms with van der Waals surface area (Å²) in [6.07, 6.45) is 8.98. The van der Waals surface area contributed by atoms with E-state index in [2.05, 4.69) is 22.2 Å². The van der Waals surface area contributed by atoms with Gasteiger partial charge in [-0.2, -0.15) is 0 Å². The van der Waals surface area contributed by atoms with Crippen LogP contribution >= 0.6 is 0 Å². The van der Waals surface area contributed by atoms with Gasteiger partial charge in [0, 0.05) is 31.1 Å². The second-order valence-electron chi connectivity index (χ2n) is 4.90. The highest BCUT2D eigenvalue weighted by atomic mass is 16.1. The summed E-state index contributed by atoms with van der Waals surface area (Å²) in [5.41, 5.74) is 0.992. The van der Waals surface area contributed by atoms with E-state index in [1.54, 1.807) is 18.7 Å². The first-order valence-corrected chi connectivity index (χ1v) is 6.91. The minimum absolute atomic E-state index is 0.0678. The minimum Gasteiger partial charge on any atom is -0.352 e. The average molecular weight is 272 g/mol. The Morgan fingerprint density at radius 3 is 2.90 bits per heavy atom. The molecule has 0 saturated carbocycles. The van der Waals surface area contributed by atoms with Crippen LogP contribution < -0.4 is 5.32 Å². The lowest BCUT2D eigenvalue weighted by Gasteiger charge is -2.11. The van der Waals surface area contributed by atoms with Crippen molar-refractivity contribution in [3.8, 4) is 5.82 Å².